The predicted octanol–water partition coefficient (Wildman–Crippen LogP) is 0.871. The van der Waals surface area contributed by atoms with Crippen molar-refractivity contribution in [2.75, 3.05) is 7.11 Å². The molecule has 0 rings (SSSR count). The van der Waals surface area contributed by atoms with Gasteiger partial charge in [-0.25, -0.2) is 4.39 Å². The number of halogens is 1. The van der Waals surface area contributed by atoms with Crippen molar-refractivity contribution < 1.29 is 13.9 Å². The van der Waals surface area contributed by atoms with Crippen LogP contribution in [-0.2, 0) is 9.53 Å². The van der Waals surface area contributed by atoms with Crippen LogP contribution in [0.4, 0.5) is 4.39 Å². The Labute approximate surface area is 72.1 Å². The molecule has 0 aliphatic carbocycles. The number of alkyl halides is 1. The topological polar surface area (TPSA) is 52.3 Å². The Morgan fingerprint density at radius 1 is 1.58 bits per heavy atom. The fourth-order valence-electron chi connectivity index (χ4n) is 0.762. The van der Waals surface area contributed by atoms with Gasteiger partial charge in [-0.3, -0.25) is 4.79 Å². The molecule has 0 aliphatic rings. The van der Waals surface area contributed by atoms with Crippen LogP contribution in [0.3, 0.4) is 0 Å². The number of ether oxygens (including phenoxy) is 1. The van der Waals surface area contributed by atoms with E-state index in [0.717, 1.165) is 0 Å². The van der Waals surface area contributed by atoms with Gasteiger partial charge in [0.25, 0.3) is 0 Å². The van der Waals surface area contributed by atoms with Gasteiger partial charge in [-0.2, -0.15) is 0 Å². The van der Waals surface area contributed by atoms with Gasteiger partial charge in [-0.1, -0.05) is 13.8 Å². The molecule has 0 radical (unpaired) electrons. The van der Waals surface area contributed by atoms with E-state index < -0.39 is 18.2 Å². The molecule has 0 fully saturated rings. The van der Waals surface area contributed by atoms with Gasteiger partial charge in [0.1, 0.15) is 12.2 Å². The van der Waals surface area contributed by atoms with Crippen molar-refractivity contribution >= 4 is 5.97 Å². The van der Waals surface area contributed by atoms with Gasteiger partial charge in [-0.15, -0.1) is 0 Å². The lowest BCUT2D eigenvalue weighted by atomic mass is 10.0. The van der Waals surface area contributed by atoms with E-state index in [1.165, 1.54) is 7.11 Å². The molecule has 2 unspecified atom stereocenters. The zero-order valence-corrected chi connectivity index (χ0v) is 7.71. The van der Waals surface area contributed by atoms with Crippen molar-refractivity contribution in [1.29, 1.82) is 0 Å². The smallest absolute Gasteiger partial charge is 0.322 e. The summed E-state index contributed by atoms with van der Waals surface area (Å²) in [5, 5.41) is 0. The summed E-state index contributed by atoms with van der Waals surface area (Å²) in [5.74, 6) is -0.668. The maximum atomic E-state index is 13.0. The quantitative estimate of drug-likeness (QED) is 0.648. The summed E-state index contributed by atoms with van der Waals surface area (Å²) in [6, 6.07) is -0.840. The normalized spacial score (nSPS) is 15.8. The zero-order chi connectivity index (χ0) is 9.72. The molecular weight excluding hydrogens is 161 g/mol. The highest BCUT2D eigenvalue weighted by Gasteiger charge is 2.21. The summed E-state index contributed by atoms with van der Waals surface area (Å²) < 4.78 is 17.3. The summed E-state index contributed by atoms with van der Waals surface area (Å²) in [6.07, 6.45) is -1.01. The molecule has 0 amide bonds. The van der Waals surface area contributed by atoms with Crippen molar-refractivity contribution in [2.45, 2.75) is 32.5 Å². The van der Waals surface area contributed by atoms with Crippen molar-refractivity contribution in [3.05, 3.63) is 0 Å². The molecule has 0 aromatic rings. The second-order valence-electron chi connectivity index (χ2n) is 3.13. The minimum atomic E-state index is -1.04. The molecule has 3 nitrogen and oxygen atoms in total. The van der Waals surface area contributed by atoms with E-state index in [2.05, 4.69) is 4.74 Å². The van der Waals surface area contributed by atoms with Crippen LogP contribution in [0.1, 0.15) is 20.3 Å². The molecule has 2 atom stereocenters. The van der Waals surface area contributed by atoms with E-state index in [1.807, 2.05) is 0 Å². The van der Waals surface area contributed by atoms with Gasteiger partial charge in [-0.05, 0) is 5.92 Å². The number of carbonyl (C=O) groups is 1. The fraction of sp³-hybridized carbons (Fsp3) is 0.875. The lowest BCUT2D eigenvalue weighted by molar-refractivity contribution is -0.142. The third-order valence-corrected chi connectivity index (χ3v) is 1.71. The lowest BCUT2D eigenvalue weighted by Gasteiger charge is -2.15. The van der Waals surface area contributed by atoms with Gasteiger partial charge in [0, 0.05) is 6.42 Å². The molecule has 0 saturated heterocycles. The average Bonchev–Trinajstić information content (AvgIpc) is 2.02. The van der Waals surface area contributed by atoms with E-state index in [-0.39, 0.29) is 12.3 Å². The van der Waals surface area contributed by atoms with E-state index in [9.17, 15) is 9.18 Å². The Hall–Kier alpha value is -0.640. The SMILES string of the molecule is COC(=O)C(N)CC(F)C(C)C. The van der Waals surface area contributed by atoms with Gasteiger partial charge >= 0.3 is 5.97 Å². The number of esters is 1. The van der Waals surface area contributed by atoms with Crippen molar-refractivity contribution in [3.63, 3.8) is 0 Å². The first kappa shape index (κ1) is 11.4. The average molecular weight is 177 g/mol. The third-order valence-electron chi connectivity index (χ3n) is 1.71. The van der Waals surface area contributed by atoms with Gasteiger partial charge in [0.15, 0.2) is 0 Å². The molecular formula is C8H16FNO2. The molecule has 2 N–H and O–H groups in total. The second-order valence-corrected chi connectivity index (χ2v) is 3.13. The molecule has 72 valence electrons. The van der Waals surface area contributed by atoms with Crippen LogP contribution >= 0.6 is 0 Å². The zero-order valence-electron chi connectivity index (χ0n) is 7.71. The second kappa shape index (κ2) is 5.09. The highest BCUT2D eigenvalue weighted by Crippen LogP contribution is 2.12. The molecule has 0 bridgehead atoms. The first-order valence-corrected chi connectivity index (χ1v) is 3.96. The molecule has 12 heavy (non-hydrogen) atoms. The number of methoxy groups -OCH3 is 1. The lowest BCUT2D eigenvalue weighted by Crippen LogP contribution is -2.35. The highest BCUT2D eigenvalue weighted by atomic mass is 19.1. The number of carbonyl (C=O) groups excluding carboxylic acids is 1. The molecule has 0 spiro atoms. The summed E-state index contributed by atoms with van der Waals surface area (Å²) in [6.45, 7) is 3.49. The highest BCUT2D eigenvalue weighted by molar-refractivity contribution is 5.75. The van der Waals surface area contributed by atoms with Crippen molar-refractivity contribution in [2.24, 2.45) is 11.7 Å². The minimum Gasteiger partial charge on any atom is -0.468 e. The molecule has 0 saturated carbocycles. The van der Waals surface area contributed by atoms with Gasteiger partial charge < -0.3 is 10.5 Å². The predicted molar refractivity (Wildman–Crippen MR) is 44.3 cm³/mol. The fourth-order valence-corrected chi connectivity index (χ4v) is 0.762. The number of rotatable bonds is 4. The van der Waals surface area contributed by atoms with Crippen LogP contribution in [0, 0.1) is 5.92 Å². The molecule has 0 aromatic carbocycles. The van der Waals surface area contributed by atoms with E-state index in [1.54, 1.807) is 13.8 Å². The van der Waals surface area contributed by atoms with Crippen LogP contribution in [-0.4, -0.2) is 25.3 Å². The monoisotopic (exact) mass is 177 g/mol. The van der Waals surface area contributed by atoms with E-state index >= 15 is 0 Å². The van der Waals surface area contributed by atoms with Crippen LogP contribution in [0.25, 0.3) is 0 Å². The molecule has 0 aliphatic heterocycles. The summed E-state index contributed by atoms with van der Waals surface area (Å²) in [5.41, 5.74) is 5.35. The minimum absolute atomic E-state index is 0.0321. The Balaban J connectivity index is 3.83. The number of nitrogens with two attached hydrogens (primary N) is 1. The maximum absolute atomic E-state index is 13.0. The molecule has 0 aromatic heterocycles. The third kappa shape index (κ3) is 3.67. The van der Waals surface area contributed by atoms with Crippen molar-refractivity contribution in [1.82, 2.24) is 0 Å². The Bertz CT molecular complexity index is 150. The first-order chi connectivity index (χ1) is 5.49. The summed E-state index contributed by atoms with van der Waals surface area (Å²) >= 11 is 0. The number of hydrogen-bond donors (Lipinski definition) is 1. The van der Waals surface area contributed by atoms with Crippen LogP contribution < -0.4 is 5.73 Å². The Morgan fingerprint density at radius 2 is 2.08 bits per heavy atom. The van der Waals surface area contributed by atoms with Crippen molar-refractivity contribution in [3.8, 4) is 0 Å². The molecule has 4 heteroatoms. The Kier molecular flexibility index (Phi) is 4.81. The summed E-state index contributed by atoms with van der Waals surface area (Å²) in [4.78, 5) is 10.8. The van der Waals surface area contributed by atoms with E-state index in [4.69, 9.17) is 5.73 Å². The van der Waals surface area contributed by atoms with Crippen LogP contribution in [0.15, 0.2) is 0 Å². The van der Waals surface area contributed by atoms with Gasteiger partial charge in [0.2, 0.25) is 0 Å². The van der Waals surface area contributed by atoms with Crippen LogP contribution in [0.5, 0.6) is 0 Å². The van der Waals surface area contributed by atoms with Gasteiger partial charge in [0.05, 0.1) is 7.11 Å². The maximum Gasteiger partial charge on any atom is 0.322 e. The largest absolute Gasteiger partial charge is 0.468 e. The summed E-state index contributed by atoms with van der Waals surface area (Å²) in [7, 11) is 1.24. The van der Waals surface area contributed by atoms with Crippen LogP contribution in [0.2, 0.25) is 0 Å². The standard InChI is InChI=1S/C8H16FNO2/c1-5(2)6(9)4-7(10)8(11)12-3/h5-7H,4,10H2,1-3H3. The van der Waals surface area contributed by atoms with E-state index in [0.29, 0.717) is 0 Å². The first-order valence-electron chi connectivity index (χ1n) is 3.96. The molecule has 0 heterocycles. The number of hydrogen-bond acceptors (Lipinski definition) is 3. The Morgan fingerprint density at radius 3 is 2.42 bits per heavy atom.